The second kappa shape index (κ2) is 7.68. The molecule has 1 nitrogen and oxygen atoms in total. The van der Waals surface area contributed by atoms with Crippen molar-refractivity contribution in [2.75, 3.05) is 13.1 Å². The molecule has 0 saturated heterocycles. The van der Waals surface area contributed by atoms with Crippen LogP contribution >= 0.6 is 23.2 Å². The number of benzene rings is 1. The molecular weight excluding hydrogens is 289 g/mol. The van der Waals surface area contributed by atoms with Gasteiger partial charge >= 0.3 is 0 Å². The van der Waals surface area contributed by atoms with Gasteiger partial charge in [0.15, 0.2) is 0 Å². The Morgan fingerprint density at radius 1 is 1.15 bits per heavy atom. The van der Waals surface area contributed by atoms with E-state index in [0.29, 0.717) is 10.4 Å². The number of rotatable bonds is 6. The SMILES string of the molecule is CCCNCC1(Cc2cccc(Cl)c2Cl)CCCCC1. The highest BCUT2D eigenvalue weighted by molar-refractivity contribution is 6.42. The summed E-state index contributed by atoms with van der Waals surface area (Å²) in [6.45, 7) is 4.42. The maximum atomic E-state index is 6.38. The van der Waals surface area contributed by atoms with Crippen molar-refractivity contribution in [3.05, 3.63) is 33.8 Å². The van der Waals surface area contributed by atoms with Crippen LogP contribution in [0.1, 0.15) is 51.0 Å². The van der Waals surface area contributed by atoms with Crippen molar-refractivity contribution in [1.29, 1.82) is 0 Å². The molecule has 1 aromatic rings. The summed E-state index contributed by atoms with van der Waals surface area (Å²) in [4.78, 5) is 0. The molecule has 0 aromatic heterocycles. The molecule has 0 radical (unpaired) electrons. The van der Waals surface area contributed by atoms with E-state index in [9.17, 15) is 0 Å². The van der Waals surface area contributed by atoms with E-state index in [-0.39, 0.29) is 0 Å². The molecule has 1 aromatic carbocycles. The van der Waals surface area contributed by atoms with Crippen LogP contribution in [0.3, 0.4) is 0 Å². The first kappa shape index (κ1) is 16.1. The molecule has 0 aliphatic heterocycles. The van der Waals surface area contributed by atoms with Gasteiger partial charge in [0, 0.05) is 6.54 Å². The van der Waals surface area contributed by atoms with Crippen molar-refractivity contribution in [2.45, 2.75) is 51.9 Å². The quantitative estimate of drug-likeness (QED) is 0.685. The monoisotopic (exact) mass is 313 g/mol. The van der Waals surface area contributed by atoms with E-state index >= 15 is 0 Å². The minimum atomic E-state index is 0.363. The third kappa shape index (κ3) is 4.13. The van der Waals surface area contributed by atoms with Crippen molar-refractivity contribution >= 4 is 23.2 Å². The highest BCUT2D eigenvalue weighted by atomic mass is 35.5. The van der Waals surface area contributed by atoms with Gasteiger partial charge in [0.2, 0.25) is 0 Å². The average molecular weight is 314 g/mol. The lowest BCUT2D eigenvalue weighted by atomic mass is 9.70. The Balaban J connectivity index is 2.12. The molecule has 3 heteroatoms. The molecule has 1 saturated carbocycles. The average Bonchev–Trinajstić information content (AvgIpc) is 2.45. The fraction of sp³-hybridized carbons (Fsp3) is 0.647. The van der Waals surface area contributed by atoms with Crippen LogP contribution in [0.5, 0.6) is 0 Å². The minimum absolute atomic E-state index is 0.363. The van der Waals surface area contributed by atoms with Gasteiger partial charge in [-0.05, 0) is 49.3 Å². The number of hydrogen-bond donors (Lipinski definition) is 1. The van der Waals surface area contributed by atoms with Crippen LogP contribution in [0.25, 0.3) is 0 Å². The van der Waals surface area contributed by atoms with Gasteiger partial charge in [0.1, 0.15) is 0 Å². The first-order valence-corrected chi connectivity index (χ1v) is 8.56. The Labute approximate surface area is 133 Å². The van der Waals surface area contributed by atoms with Crippen molar-refractivity contribution < 1.29 is 0 Å². The predicted molar refractivity (Wildman–Crippen MR) is 88.8 cm³/mol. The molecule has 0 unspecified atom stereocenters. The van der Waals surface area contributed by atoms with Crippen LogP contribution in [0, 0.1) is 5.41 Å². The zero-order valence-corrected chi connectivity index (χ0v) is 13.9. The molecule has 1 aliphatic rings. The zero-order valence-electron chi connectivity index (χ0n) is 12.4. The fourth-order valence-corrected chi connectivity index (χ4v) is 3.72. The van der Waals surface area contributed by atoms with Gasteiger partial charge in [0.25, 0.3) is 0 Å². The van der Waals surface area contributed by atoms with Gasteiger partial charge in [-0.2, -0.15) is 0 Å². The van der Waals surface area contributed by atoms with E-state index in [0.717, 1.165) is 24.5 Å². The van der Waals surface area contributed by atoms with Crippen molar-refractivity contribution in [3.63, 3.8) is 0 Å². The lowest BCUT2D eigenvalue weighted by Crippen LogP contribution is -2.38. The molecule has 1 N–H and O–H groups in total. The van der Waals surface area contributed by atoms with Gasteiger partial charge in [-0.1, -0.05) is 61.5 Å². The van der Waals surface area contributed by atoms with Crippen LogP contribution in [0.4, 0.5) is 0 Å². The lowest BCUT2D eigenvalue weighted by molar-refractivity contribution is 0.181. The van der Waals surface area contributed by atoms with E-state index in [1.807, 2.05) is 12.1 Å². The van der Waals surface area contributed by atoms with Crippen LogP contribution in [0.15, 0.2) is 18.2 Å². The summed E-state index contributed by atoms with van der Waals surface area (Å²) in [7, 11) is 0. The molecule has 0 heterocycles. The molecule has 0 atom stereocenters. The molecule has 0 amide bonds. The van der Waals surface area contributed by atoms with Crippen LogP contribution in [-0.2, 0) is 6.42 Å². The van der Waals surface area contributed by atoms with Crippen molar-refractivity contribution in [1.82, 2.24) is 5.32 Å². The normalized spacial score (nSPS) is 18.1. The molecule has 2 rings (SSSR count). The predicted octanol–water partition coefficient (Wildman–Crippen LogP) is 5.49. The Morgan fingerprint density at radius 3 is 2.60 bits per heavy atom. The maximum absolute atomic E-state index is 6.38. The third-order valence-corrected chi connectivity index (χ3v) is 5.30. The molecule has 20 heavy (non-hydrogen) atoms. The second-order valence-corrected chi connectivity index (χ2v) is 6.91. The summed E-state index contributed by atoms with van der Waals surface area (Å²) in [5, 5.41) is 5.05. The Bertz CT molecular complexity index is 425. The van der Waals surface area contributed by atoms with Gasteiger partial charge in [0.05, 0.1) is 10.0 Å². The first-order valence-electron chi connectivity index (χ1n) is 7.80. The Kier molecular flexibility index (Phi) is 6.20. The maximum Gasteiger partial charge on any atom is 0.0624 e. The highest BCUT2D eigenvalue weighted by Gasteiger charge is 2.32. The highest BCUT2D eigenvalue weighted by Crippen LogP contribution is 2.41. The summed E-state index contributed by atoms with van der Waals surface area (Å²) in [6, 6.07) is 6.01. The van der Waals surface area contributed by atoms with E-state index in [4.69, 9.17) is 23.2 Å². The van der Waals surface area contributed by atoms with E-state index < -0.39 is 0 Å². The van der Waals surface area contributed by atoms with Crippen LogP contribution in [0.2, 0.25) is 10.0 Å². The summed E-state index contributed by atoms with van der Waals surface area (Å²) in [6.07, 6.45) is 8.88. The zero-order chi connectivity index (χ0) is 14.4. The molecule has 1 fully saturated rings. The molecule has 112 valence electrons. The number of halogens is 2. The van der Waals surface area contributed by atoms with Gasteiger partial charge in [-0.15, -0.1) is 0 Å². The molecular formula is C17H25Cl2N. The standard InChI is InChI=1S/C17H25Cl2N/c1-2-11-20-13-17(9-4-3-5-10-17)12-14-7-6-8-15(18)16(14)19/h6-8,20H,2-5,9-13H2,1H3. The summed E-state index contributed by atoms with van der Waals surface area (Å²) < 4.78 is 0. The van der Waals surface area contributed by atoms with Gasteiger partial charge in [-0.3, -0.25) is 0 Å². The van der Waals surface area contributed by atoms with E-state index in [1.165, 1.54) is 44.1 Å². The van der Waals surface area contributed by atoms with Gasteiger partial charge < -0.3 is 5.32 Å². The Hall–Kier alpha value is -0.240. The lowest BCUT2D eigenvalue weighted by Gasteiger charge is -2.38. The molecule has 1 aliphatic carbocycles. The van der Waals surface area contributed by atoms with Crippen LogP contribution in [-0.4, -0.2) is 13.1 Å². The fourth-order valence-electron chi connectivity index (χ4n) is 3.34. The van der Waals surface area contributed by atoms with Crippen molar-refractivity contribution in [3.8, 4) is 0 Å². The third-order valence-electron chi connectivity index (χ3n) is 4.44. The minimum Gasteiger partial charge on any atom is -0.316 e. The Morgan fingerprint density at radius 2 is 1.90 bits per heavy atom. The number of nitrogens with one attached hydrogen (secondary N) is 1. The van der Waals surface area contributed by atoms with Crippen molar-refractivity contribution in [2.24, 2.45) is 5.41 Å². The van der Waals surface area contributed by atoms with E-state index in [2.05, 4.69) is 18.3 Å². The van der Waals surface area contributed by atoms with Gasteiger partial charge in [-0.25, -0.2) is 0 Å². The smallest absolute Gasteiger partial charge is 0.0624 e. The topological polar surface area (TPSA) is 12.0 Å². The second-order valence-electron chi connectivity index (χ2n) is 6.13. The summed E-state index contributed by atoms with van der Waals surface area (Å²) >= 11 is 12.5. The van der Waals surface area contributed by atoms with E-state index in [1.54, 1.807) is 0 Å². The summed E-state index contributed by atoms with van der Waals surface area (Å²) in [5.74, 6) is 0. The largest absolute Gasteiger partial charge is 0.316 e. The summed E-state index contributed by atoms with van der Waals surface area (Å²) in [5.41, 5.74) is 1.57. The molecule has 0 spiro atoms. The van der Waals surface area contributed by atoms with Crippen LogP contribution < -0.4 is 5.32 Å². The number of hydrogen-bond acceptors (Lipinski definition) is 1. The molecule has 0 bridgehead atoms. The first-order chi connectivity index (χ1) is 9.67.